The second-order valence-electron chi connectivity index (χ2n) is 7.01. The number of hydrogen-bond donors (Lipinski definition) is 0. The van der Waals surface area contributed by atoms with Crippen molar-refractivity contribution in [3.8, 4) is 0 Å². The summed E-state index contributed by atoms with van der Waals surface area (Å²) in [4.78, 5) is 26.7. The standard InChI is InChI=1S/C22H20FNO3/c23-18-4-1-15(2-5-18)17-7-10-24(14-17)11-8-20(25)16-3-6-22-19(13-16)21(26)9-12-27-22/h1-6,9,12-13,17H,7-8,10-11,14H2. The average molecular weight is 365 g/mol. The fourth-order valence-corrected chi connectivity index (χ4v) is 3.70. The van der Waals surface area contributed by atoms with E-state index in [1.165, 1.54) is 24.5 Å². The second kappa shape index (κ2) is 7.45. The minimum Gasteiger partial charge on any atom is -0.464 e. The number of halogens is 1. The van der Waals surface area contributed by atoms with Crippen molar-refractivity contribution in [1.29, 1.82) is 0 Å². The second-order valence-corrected chi connectivity index (χ2v) is 7.01. The van der Waals surface area contributed by atoms with E-state index in [0.717, 1.165) is 25.1 Å². The van der Waals surface area contributed by atoms with Gasteiger partial charge in [0.1, 0.15) is 11.4 Å². The summed E-state index contributed by atoms with van der Waals surface area (Å²) in [6.45, 7) is 2.48. The Kier molecular flexibility index (Phi) is 4.86. The number of rotatable bonds is 5. The highest BCUT2D eigenvalue weighted by atomic mass is 19.1. The van der Waals surface area contributed by atoms with Crippen LogP contribution in [-0.4, -0.2) is 30.3 Å². The first-order valence-electron chi connectivity index (χ1n) is 9.13. The van der Waals surface area contributed by atoms with E-state index in [2.05, 4.69) is 4.90 Å². The summed E-state index contributed by atoms with van der Waals surface area (Å²) in [6.07, 6.45) is 2.77. The maximum absolute atomic E-state index is 13.1. The highest BCUT2D eigenvalue weighted by Gasteiger charge is 2.24. The molecule has 0 bridgehead atoms. The molecule has 138 valence electrons. The Morgan fingerprint density at radius 2 is 1.96 bits per heavy atom. The van der Waals surface area contributed by atoms with Gasteiger partial charge in [-0.3, -0.25) is 9.59 Å². The molecule has 1 aliphatic heterocycles. The third-order valence-corrected chi connectivity index (χ3v) is 5.25. The molecule has 2 heterocycles. The van der Waals surface area contributed by atoms with Crippen LogP contribution in [0, 0.1) is 5.82 Å². The van der Waals surface area contributed by atoms with Crippen LogP contribution in [0.25, 0.3) is 11.0 Å². The smallest absolute Gasteiger partial charge is 0.192 e. The Hall–Kier alpha value is -2.79. The number of carbonyl (C=O) groups is 1. The molecule has 0 aliphatic carbocycles. The van der Waals surface area contributed by atoms with Gasteiger partial charge >= 0.3 is 0 Å². The van der Waals surface area contributed by atoms with E-state index in [4.69, 9.17) is 4.42 Å². The van der Waals surface area contributed by atoms with Crippen molar-refractivity contribution in [2.24, 2.45) is 0 Å². The van der Waals surface area contributed by atoms with E-state index in [1.807, 2.05) is 12.1 Å². The number of fused-ring (bicyclic) bond motifs is 1. The first-order chi connectivity index (χ1) is 13.1. The fraction of sp³-hybridized carbons (Fsp3) is 0.273. The zero-order chi connectivity index (χ0) is 18.8. The lowest BCUT2D eigenvalue weighted by molar-refractivity contribution is 0.0969. The van der Waals surface area contributed by atoms with E-state index in [0.29, 0.717) is 35.4 Å². The zero-order valence-electron chi connectivity index (χ0n) is 14.9. The van der Waals surface area contributed by atoms with E-state index in [9.17, 15) is 14.0 Å². The summed E-state index contributed by atoms with van der Waals surface area (Å²) in [5, 5.41) is 0.431. The van der Waals surface area contributed by atoms with Crippen molar-refractivity contribution >= 4 is 16.8 Å². The molecule has 0 spiro atoms. The van der Waals surface area contributed by atoms with Crippen molar-refractivity contribution < 1.29 is 13.6 Å². The van der Waals surface area contributed by atoms with Gasteiger partial charge in [0.15, 0.2) is 11.2 Å². The van der Waals surface area contributed by atoms with Crippen LogP contribution >= 0.6 is 0 Å². The maximum atomic E-state index is 13.1. The lowest BCUT2D eigenvalue weighted by atomic mass is 9.98. The van der Waals surface area contributed by atoms with Crippen molar-refractivity contribution in [3.05, 3.63) is 82.0 Å². The molecule has 0 N–H and O–H groups in total. The summed E-state index contributed by atoms with van der Waals surface area (Å²) in [7, 11) is 0. The molecule has 1 atom stereocenters. The molecule has 1 aromatic heterocycles. The molecule has 3 aromatic rings. The Morgan fingerprint density at radius 3 is 2.78 bits per heavy atom. The number of likely N-dealkylation sites (tertiary alicyclic amines) is 1. The Labute approximate surface area is 156 Å². The van der Waals surface area contributed by atoms with Crippen LogP contribution in [0.4, 0.5) is 4.39 Å². The number of Topliss-reactive ketones (excluding diaryl/α,β-unsaturated/α-hetero) is 1. The molecule has 1 saturated heterocycles. The predicted octanol–water partition coefficient (Wildman–Crippen LogP) is 3.99. The average Bonchev–Trinajstić information content (AvgIpc) is 3.16. The van der Waals surface area contributed by atoms with Crippen LogP contribution in [0.15, 0.2) is 64.0 Å². The van der Waals surface area contributed by atoms with Crippen molar-refractivity contribution in [1.82, 2.24) is 4.90 Å². The van der Waals surface area contributed by atoms with E-state index >= 15 is 0 Å². The maximum Gasteiger partial charge on any atom is 0.192 e. The molecule has 1 fully saturated rings. The van der Waals surface area contributed by atoms with Crippen LogP contribution in [-0.2, 0) is 0 Å². The highest BCUT2D eigenvalue weighted by molar-refractivity contribution is 5.99. The molecule has 4 nitrogen and oxygen atoms in total. The molecule has 0 amide bonds. The molecular formula is C22H20FNO3. The van der Waals surface area contributed by atoms with Crippen LogP contribution < -0.4 is 5.43 Å². The quantitative estimate of drug-likeness (QED) is 0.642. The Morgan fingerprint density at radius 1 is 1.15 bits per heavy atom. The van der Waals surface area contributed by atoms with Gasteiger partial charge in [0.05, 0.1) is 11.6 Å². The lowest BCUT2D eigenvalue weighted by Gasteiger charge is -2.15. The monoisotopic (exact) mass is 365 g/mol. The molecule has 2 aromatic carbocycles. The van der Waals surface area contributed by atoms with Gasteiger partial charge in [-0.25, -0.2) is 4.39 Å². The number of hydrogen-bond acceptors (Lipinski definition) is 4. The van der Waals surface area contributed by atoms with Crippen LogP contribution in [0.1, 0.15) is 34.7 Å². The highest BCUT2D eigenvalue weighted by Crippen LogP contribution is 2.27. The summed E-state index contributed by atoms with van der Waals surface area (Å²) in [6, 6.07) is 13.0. The summed E-state index contributed by atoms with van der Waals surface area (Å²) < 4.78 is 18.4. The minimum atomic E-state index is -0.219. The van der Waals surface area contributed by atoms with Gasteiger partial charge in [-0.15, -0.1) is 0 Å². The molecule has 0 radical (unpaired) electrons. The third kappa shape index (κ3) is 3.83. The Balaban J connectivity index is 1.38. The van der Waals surface area contributed by atoms with Gasteiger partial charge < -0.3 is 9.32 Å². The van der Waals surface area contributed by atoms with Crippen LogP contribution in [0.5, 0.6) is 0 Å². The first-order valence-corrected chi connectivity index (χ1v) is 9.13. The molecule has 5 heteroatoms. The molecule has 1 aliphatic rings. The van der Waals surface area contributed by atoms with Crippen LogP contribution in [0.2, 0.25) is 0 Å². The predicted molar refractivity (Wildman–Crippen MR) is 102 cm³/mol. The van der Waals surface area contributed by atoms with Crippen LogP contribution in [0.3, 0.4) is 0 Å². The van der Waals surface area contributed by atoms with E-state index in [-0.39, 0.29) is 17.0 Å². The van der Waals surface area contributed by atoms with Gasteiger partial charge in [0.2, 0.25) is 0 Å². The van der Waals surface area contributed by atoms with Crippen molar-refractivity contribution in [2.45, 2.75) is 18.8 Å². The van der Waals surface area contributed by atoms with E-state index in [1.54, 1.807) is 18.2 Å². The van der Waals surface area contributed by atoms with Gasteiger partial charge in [0, 0.05) is 31.1 Å². The zero-order valence-corrected chi connectivity index (χ0v) is 14.9. The summed E-state index contributed by atoms with van der Waals surface area (Å²) in [5.74, 6) is 0.181. The topological polar surface area (TPSA) is 50.5 Å². The van der Waals surface area contributed by atoms with E-state index < -0.39 is 0 Å². The molecule has 0 saturated carbocycles. The summed E-state index contributed by atoms with van der Waals surface area (Å²) in [5.41, 5.74) is 2.02. The van der Waals surface area contributed by atoms with Crippen molar-refractivity contribution in [2.75, 3.05) is 19.6 Å². The van der Waals surface area contributed by atoms with Crippen molar-refractivity contribution in [3.63, 3.8) is 0 Å². The largest absolute Gasteiger partial charge is 0.464 e. The number of ketones is 1. The molecule has 4 rings (SSSR count). The van der Waals surface area contributed by atoms with Gasteiger partial charge in [-0.2, -0.15) is 0 Å². The number of carbonyl (C=O) groups excluding carboxylic acids is 1. The normalized spacial score (nSPS) is 17.4. The Bertz CT molecular complexity index is 1030. The number of nitrogens with zero attached hydrogens (tertiary/aromatic N) is 1. The van der Waals surface area contributed by atoms with Gasteiger partial charge in [-0.1, -0.05) is 12.1 Å². The third-order valence-electron chi connectivity index (χ3n) is 5.25. The molecular weight excluding hydrogens is 345 g/mol. The number of benzene rings is 2. The minimum absolute atomic E-state index is 0.0189. The fourth-order valence-electron chi connectivity index (χ4n) is 3.70. The SMILES string of the molecule is O=C(CCN1CCC(c2ccc(F)cc2)C1)c1ccc2occc(=O)c2c1. The van der Waals surface area contributed by atoms with Gasteiger partial charge in [0.25, 0.3) is 0 Å². The lowest BCUT2D eigenvalue weighted by Crippen LogP contribution is -2.23. The molecule has 27 heavy (non-hydrogen) atoms. The molecule has 1 unspecified atom stereocenters. The summed E-state index contributed by atoms with van der Waals surface area (Å²) >= 11 is 0. The van der Waals surface area contributed by atoms with Gasteiger partial charge in [-0.05, 0) is 54.8 Å². The first kappa shape index (κ1) is 17.6.